The number of hydrogen-bond acceptors (Lipinski definition) is 2. The second-order valence-corrected chi connectivity index (χ2v) is 5.49. The predicted octanol–water partition coefficient (Wildman–Crippen LogP) is 1.91. The summed E-state index contributed by atoms with van der Waals surface area (Å²) in [6.07, 6.45) is 3.56. The van der Waals surface area contributed by atoms with Gasteiger partial charge in [-0.15, -0.1) is 0 Å². The monoisotopic (exact) mass is 226 g/mol. The number of nitrogens with one attached hydrogen (secondary N) is 1. The fourth-order valence-corrected chi connectivity index (χ4v) is 2.61. The Bertz CT molecular complexity index is 240. The minimum absolute atomic E-state index is 0.0172. The van der Waals surface area contributed by atoms with E-state index in [1.807, 2.05) is 13.8 Å². The van der Waals surface area contributed by atoms with Crippen molar-refractivity contribution in [3.05, 3.63) is 0 Å². The van der Waals surface area contributed by atoms with Crippen LogP contribution < -0.4 is 11.1 Å². The van der Waals surface area contributed by atoms with Crippen molar-refractivity contribution in [2.45, 2.75) is 59.0 Å². The van der Waals surface area contributed by atoms with Crippen molar-refractivity contribution in [2.75, 3.05) is 0 Å². The number of carbonyl (C=O) groups excluding carboxylic acids is 1. The molecule has 0 spiro atoms. The molecular weight excluding hydrogens is 200 g/mol. The van der Waals surface area contributed by atoms with Crippen molar-refractivity contribution < 1.29 is 4.79 Å². The van der Waals surface area contributed by atoms with Gasteiger partial charge in [0.1, 0.15) is 0 Å². The highest BCUT2D eigenvalue weighted by atomic mass is 16.2. The van der Waals surface area contributed by atoms with Gasteiger partial charge in [0.15, 0.2) is 0 Å². The fraction of sp³-hybridized carbons (Fsp3) is 0.923. The van der Waals surface area contributed by atoms with E-state index in [0.717, 1.165) is 12.3 Å². The third-order valence-corrected chi connectivity index (χ3v) is 4.10. The largest absolute Gasteiger partial charge is 0.352 e. The molecule has 0 aliphatic heterocycles. The summed E-state index contributed by atoms with van der Waals surface area (Å²) in [5.41, 5.74) is 5.84. The van der Waals surface area contributed by atoms with Gasteiger partial charge in [-0.05, 0) is 30.6 Å². The SMILES string of the molecule is CCC1CCC(NC(=O)C(N)C(C)C)C1C. The molecule has 0 aromatic rings. The molecule has 3 nitrogen and oxygen atoms in total. The van der Waals surface area contributed by atoms with Crippen LogP contribution in [-0.2, 0) is 4.79 Å². The number of hydrogen-bond donors (Lipinski definition) is 2. The molecule has 1 rings (SSSR count). The van der Waals surface area contributed by atoms with Crippen LogP contribution in [0.3, 0.4) is 0 Å². The molecule has 0 saturated heterocycles. The van der Waals surface area contributed by atoms with Crippen LogP contribution in [-0.4, -0.2) is 18.0 Å². The lowest BCUT2D eigenvalue weighted by Gasteiger charge is -2.23. The first kappa shape index (κ1) is 13.5. The van der Waals surface area contributed by atoms with Gasteiger partial charge >= 0.3 is 0 Å². The van der Waals surface area contributed by atoms with Gasteiger partial charge in [0, 0.05) is 6.04 Å². The van der Waals surface area contributed by atoms with Gasteiger partial charge in [-0.1, -0.05) is 34.1 Å². The molecule has 0 heterocycles. The molecule has 1 fully saturated rings. The topological polar surface area (TPSA) is 55.1 Å². The summed E-state index contributed by atoms with van der Waals surface area (Å²) in [5.74, 6) is 1.58. The summed E-state index contributed by atoms with van der Waals surface area (Å²) in [6.45, 7) is 8.44. The molecule has 3 N–H and O–H groups in total. The van der Waals surface area contributed by atoms with Crippen LogP contribution in [0.15, 0.2) is 0 Å². The van der Waals surface area contributed by atoms with Gasteiger partial charge in [0.05, 0.1) is 6.04 Å². The lowest BCUT2D eigenvalue weighted by Crippen LogP contribution is -2.48. The quantitative estimate of drug-likeness (QED) is 0.769. The zero-order valence-electron chi connectivity index (χ0n) is 11.0. The maximum Gasteiger partial charge on any atom is 0.237 e. The lowest BCUT2D eigenvalue weighted by molar-refractivity contribution is -0.124. The molecule has 0 aromatic carbocycles. The van der Waals surface area contributed by atoms with Gasteiger partial charge < -0.3 is 11.1 Å². The minimum atomic E-state index is -0.368. The molecule has 0 radical (unpaired) electrons. The molecule has 94 valence electrons. The highest BCUT2D eigenvalue weighted by molar-refractivity contribution is 5.82. The van der Waals surface area contributed by atoms with E-state index in [1.54, 1.807) is 0 Å². The average Bonchev–Trinajstić information content (AvgIpc) is 2.58. The van der Waals surface area contributed by atoms with E-state index in [0.29, 0.717) is 12.0 Å². The van der Waals surface area contributed by atoms with Crippen molar-refractivity contribution in [1.29, 1.82) is 0 Å². The Morgan fingerprint density at radius 2 is 2.06 bits per heavy atom. The third-order valence-electron chi connectivity index (χ3n) is 4.10. The van der Waals surface area contributed by atoms with Gasteiger partial charge in [0.25, 0.3) is 0 Å². The third kappa shape index (κ3) is 2.97. The van der Waals surface area contributed by atoms with Crippen LogP contribution in [0.2, 0.25) is 0 Å². The Kier molecular flexibility index (Phi) is 4.78. The average molecular weight is 226 g/mol. The first-order valence-electron chi connectivity index (χ1n) is 6.53. The first-order valence-corrected chi connectivity index (χ1v) is 6.53. The second-order valence-electron chi connectivity index (χ2n) is 5.49. The van der Waals surface area contributed by atoms with Crippen LogP contribution in [0.4, 0.5) is 0 Å². The molecule has 4 atom stereocenters. The van der Waals surface area contributed by atoms with Gasteiger partial charge in [0.2, 0.25) is 5.91 Å². The van der Waals surface area contributed by atoms with E-state index in [1.165, 1.54) is 12.8 Å². The molecule has 1 aliphatic rings. The summed E-state index contributed by atoms with van der Waals surface area (Å²) in [7, 11) is 0. The van der Waals surface area contributed by atoms with Crippen molar-refractivity contribution in [3.8, 4) is 0 Å². The fourth-order valence-electron chi connectivity index (χ4n) is 2.61. The summed E-state index contributed by atoms with van der Waals surface area (Å²) in [4.78, 5) is 11.8. The minimum Gasteiger partial charge on any atom is -0.352 e. The molecule has 0 bridgehead atoms. The van der Waals surface area contributed by atoms with Crippen molar-refractivity contribution in [3.63, 3.8) is 0 Å². The van der Waals surface area contributed by atoms with Crippen LogP contribution in [0.25, 0.3) is 0 Å². The molecule has 16 heavy (non-hydrogen) atoms. The first-order chi connectivity index (χ1) is 7.47. The predicted molar refractivity (Wildman–Crippen MR) is 66.9 cm³/mol. The van der Waals surface area contributed by atoms with E-state index in [-0.39, 0.29) is 17.9 Å². The Morgan fingerprint density at radius 3 is 2.50 bits per heavy atom. The lowest BCUT2D eigenvalue weighted by atomic mass is 9.93. The molecule has 0 aromatic heterocycles. The molecule has 1 amide bonds. The summed E-state index contributed by atoms with van der Waals surface area (Å²) >= 11 is 0. The number of amides is 1. The summed E-state index contributed by atoms with van der Waals surface area (Å²) < 4.78 is 0. The number of rotatable bonds is 4. The highest BCUT2D eigenvalue weighted by Crippen LogP contribution is 2.33. The summed E-state index contributed by atoms with van der Waals surface area (Å²) in [6, 6.07) is -0.0323. The van der Waals surface area contributed by atoms with E-state index >= 15 is 0 Å². The maximum atomic E-state index is 11.8. The smallest absolute Gasteiger partial charge is 0.237 e. The highest BCUT2D eigenvalue weighted by Gasteiger charge is 2.33. The molecule has 1 aliphatic carbocycles. The van der Waals surface area contributed by atoms with Crippen molar-refractivity contribution >= 4 is 5.91 Å². The molecule has 4 unspecified atom stereocenters. The summed E-state index contributed by atoms with van der Waals surface area (Å²) in [5, 5.41) is 3.11. The van der Waals surface area contributed by atoms with Crippen molar-refractivity contribution in [2.24, 2.45) is 23.5 Å². The van der Waals surface area contributed by atoms with E-state index < -0.39 is 0 Å². The van der Waals surface area contributed by atoms with Crippen LogP contribution in [0.5, 0.6) is 0 Å². The van der Waals surface area contributed by atoms with E-state index in [4.69, 9.17) is 5.73 Å². The molecular formula is C13H26N2O. The van der Waals surface area contributed by atoms with Gasteiger partial charge in [-0.3, -0.25) is 4.79 Å². The normalized spacial score (nSPS) is 31.8. The van der Waals surface area contributed by atoms with Crippen LogP contribution in [0.1, 0.15) is 47.0 Å². The zero-order valence-corrected chi connectivity index (χ0v) is 11.0. The standard InChI is InChI=1S/C13H26N2O/c1-5-10-6-7-11(9(10)4)15-13(16)12(14)8(2)3/h8-12H,5-7,14H2,1-4H3,(H,15,16). The number of nitrogens with two attached hydrogens (primary N) is 1. The second kappa shape index (κ2) is 5.67. The van der Waals surface area contributed by atoms with Crippen molar-refractivity contribution in [1.82, 2.24) is 5.32 Å². The van der Waals surface area contributed by atoms with Crippen LogP contribution in [0, 0.1) is 17.8 Å². The Labute approximate surface area is 99.2 Å². The Balaban J connectivity index is 2.47. The zero-order chi connectivity index (χ0) is 12.3. The molecule has 1 saturated carbocycles. The maximum absolute atomic E-state index is 11.8. The number of carbonyl (C=O) groups is 1. The van der Waals surface area contributed by atoms with E-state index in [2.05, 4.69) is 19.2 Å². The van der Waals surface area contributed by atoms with Gasteiger partial charge in [-0.25, -0.2) is 0 Å². The van der Waals surface area contributed by atoms with Gasteiger partial charge in [-0.2, -0.15) is 0 Å². The van der Waals surface area contributed by atoms with E-state index in [9.17, 15) is 4.79 Å². The Morgan fingerprint density at radius 1 is 1.44 bits per heavy atom. The molecule has 3 heteroatoms. The Hall–Kier alpha value is -0.570. The van der Waals surface area contributed by atoms with Crippen LogP contribution >= 0.6 is 0 Å².